The molecule has 4 aromatic rings. The normalized spacial score (nSPS) is 10.7. The molecule has 0 saturated carbocycles. The van der Waals surface area contributed by atoms with Gasteiger partial charge in [0.25, 0.3) is 5.91 Å². The zero-order valence-corrected chi connectivity index (χ0v) is 19.9. The maximum Gasteiger partial charge on any atom is 0.275 e. The van der Waals surface area contributed by atoms with Gasteiger partial charge in [-0.05, 0) is 41.5 Å². The first-order valence-corrected chi connectivity index (χ1v) is 11.5. The Balaban J connectivity index is 1.42. The molecule has 170 valence electrons. The maximum atomic E-state index is 12.9. The maximum absolute atomic E-state index is 12.9. The minimum Gasteiger partial charge on any atom is -0.488 e. The third kappa shape index (κ3) is 6.56. The van der Waals surface area contributed by atoms with Gasteiger partial charge in [0.1, 0.15) is 24.7 Å². The highest BCUT2D eigenvalue weighted by Gasteiger charge is 2.13. The average Bonchev–Trinajstić information content (AvgIpc) is 2.88. The van der Waals surface area contributed by atoms with Crippen LogP contribution in [-0.2, 0) is 13.2 Å². The summed E-state index contributed by atoms with van der Waals surface area (Å²) >= 11 is 3.42. The summed E-state index contributed by atoms with van der Waals surface area (Å²) in [7, 11) is 0. The number of hydrogen-bond donors (Lipinski definition) is 1. The van der Waals surface area contributed by atoms with Gasteiger partial charge in [-0.1, -0.05) is 88.7 Å². The van der Waals surface area contributed by atoms with Gasteiger partial charge in [0.15, 0.2) is 0 Å². The summed E-state index contributed by atoms with van der Waals surface area (Å²) in [5.74, 6) is 0.785. The van der Waals surface area contributed by atoms with E-state index in [2.05, 4.69) is 26.5 Å². The molecule has 0 aliphatic rings. The number of para-hydroxylation sites is 1. The van der Waals surface area contributed by atoms with E-state index in [1.165, 1.54) is 0 Å². The highest BCUT2D eigenvalue weighted by Crippen LogP contribution is 2.24. The van der Waals surface area contributed by atoms with Crippen molar-refractivity contribution in [2.75, 3.05) is 0 Å². The van der Waals surface area contributed by atoms with Crippen LogP contribution in [0, 0.1) is 0 Å². The number of ether oxygens (including phenoxy) is 2. The lowest BCUT2D eigenvalue weighted by Crippen LogP contribution is -2.19. The van der Waals surface area contributed by atoms with Crippen LogP contribution in [-0.4, -0.2) is 12.1 Å². The predicted octanol–water partition coefficient (Wildman–Crippen LogP) is 6.37. The summed E-state index contributed by atoms with van der Waals surface area (Å²) in [4.78, 5) is 12.9. The van der Waals surface area contributed by atoms with Gasteiger partial charge in [0.05, 0.1) is 11.8 Å². The third-order valence-electron chi connectivity index (χ3n) is 4.95. The zero-order valence-electron chi connectivity index (χ0n) is 18.4. The third-order valence-corrected chi connectivity index (χ3v) is 5.44. The van der Waals surface area contributed by atoms with Gasteiger partial charge in [0, 0.05) is 10.0 Å². The molecular weight excluding hydrogens is 492 g/mol. The first-order chi connectivity index (χ1) is 16.7. The second kappa shape index (κ2) is 11.8. The molecule has 0 radical (unpaired) electrons. The van der Waals surface area contributed by atoms with Crippen LogP contribution >= 0.6 is 15.9 Å². The number of halogens is 1. The van der Waals surface area contributed by atoms with Crippen LogP contribution in [0.4, 0.5) is 0 Å². The molecule has 4 rings (SSSR count). The van der Waals surface area contributed by atoms with E-state index in [0.717, 1.165) is 21.2 Å². The number of carbonyl (C=O) groups excluding carboxylic acids is 1. The van der Waals surface area contributed by atoms with E-state index in [0.29, 0.717) is 30.3 Å². The molecule has 5 nitrogen and oxygen atoms in total. The molecule has 0 saturated heterocycles. The van der Waals surface area contributed by atoms with E-state index in [9.17, 15) is 4.79 Å². The van der Waals surface area contributed by atoms with Gasteiger partial charge in [0.2, 0.25) is 0 Å². The quantitative estimate of drug-likeness (QED) is 0.208. The number of amides is 1. The summed E-state index contributed by atoms with van der Waals surface area (Å²) in [6, 6.07) is 32.6. The SMILES string of the molecule is O=C(N/N=C\c1ccccc1OCc1ccccc1)c1cc(Br)ccc1OCc1ccccc1. The number of nitrogens with zero attached hydrogens (tertiary/aromatic N) is 1. The molecule has 34 heavy (non-hydrogen) atoms. The topological polar surface area (TPSA) is 59.9 Å². The molecule has 0 aromatic heterocycles. The molecule has 1 amide bonds. The van der Waals surface area contributed by atoms with Gasteiger partial charge in [-0.15, -0.1) is 0 Å². The Morgan fingerprint density at radius 2 is 1.35 bits per heavy atom. The largest absolute Gasteiger partial charge is 0.488 e. The summed E-state index contributed by atoms with van der Waals surface area (Å²) in [5, 5.41) is 4.15. The van der Waals surface area contributed by atoms with Crippen molar-refractivity contribution in [1.29, 1.82) is 0 Å². The Morgan fingerprint density at radius 3 is 2.03 bits per heavy atom. The zero-order chi connectivity index (χ0) is 23.6. The second-order valence-electron chi connectivity index (χ2n) is 7.43. The molecule has 6 heteroatoms. The second-order valence-corrected chi connectivity index (χ2v) is 8.34. The Kier molecular flexibility index (Phi) is 8.08. The lowest BCUT2D eigenvalue weighted by Gasteiger charge is -2.11. The Labute approximate surface area is 207 Å². The number of carbonyl (C=O) groups is 1. The van der Waals surface area contributed by atoms with Crippen molar-refractivity contribution in [3.8, 4) is 11.5 Å². The predicted molar refractivity (Wildman–Crippen MR) is 137 cm³/mol. The monoisotopic (exact) mass is 514 g/mol. The van der Waals surface area contributed by atoms with Gasteiger partial charge in [-0.3, -0.25) is 4.79 Å². The minimum atomic E-state index is -0.372. The number of rotatable bonds is 9. The number of hydrazone groups is 1. The molecule has 0 fully saturated rings. The van der Waals surface area contributed by atoms with E-state index < -0.39 is 0 Å². The van der Waals surface area contributed by atoms with E-state index >= 15 is 0 Å². The smallest absolute Gasteiger partial charge is 0.275 e. The fraction of sp³-hybridized carbons (Fsp3) is 0.0714. The van der Waals surface area contributed by atoms with Crippen molar-refractivity contribution in [2.45, 2.75) is 13.2 Å². The van der Waals surface area contributed by atoms with E-state index in [1.54, 1.807) is 18.3 Å². The molecule has 0 spiro atoms. The van der Waals surface area contributed by atoms with Crippen molar-refractivity contribution in [3.05, 3.63) is 130 Å². The van der Waals surface area contributed by atoms with Crippen molar-refractivity contribution in [2.24, 2.45) is 5.10 Å². The van der Waals surface area contributed by atoms with Crippen LogP contribution in [0.2, 0.25) is 0 Å². The highest BCUT2D eigenvalue weighted by atomic mass is 79.9. The van der Waals surface area contributed by atoms with Gasteiger partial charge in [-0.25, -0.2) is 5.43 Å². The van der Waals surface area contributed by atoms with E-state index in [4.69, 9.17) is 9.47 Å². The summed E-state index contributed by atoms with van der Waals surface area (Å²) < 4.78 is 12.6. The van der Waals surface area contributed by atoms with Crippen LogP contribution in [0.5, 0.6) is 11.5 Å². The van der Waals surface area contributed by atoms with Gasteiger partial charge in [-0.2, -0.15) is 5.10 Å². The van der Waals surface area contributed by atoms with Gasteiger partial charge < -0.3 is 9.47 Å². The van der Waals surface area contributed by atoms with Crippen LogP contribution in [0.25, 0.3) is 0 Å². The van der Waals surface area contributed by atoms with Crippen molar-refractivity contribution in [1.82, 2.24) is 5.43 Å². The van der Waals surface area contributed by atoms with E-state index in [1.807, 2.05) is 91.0 Å². The summed E-state index contributed by atoms with van der Waals surface area (Å²) in [6.45, 7) is 0.802. The fourth-order valence-electron chi connectivity index (χ4n) is 3.22. The molecule has 4 aromatic carbocycles. The Hall–Kier alpha value is -3.90. The first kappa shape index (κ1) is 23.3. The molecule has 0 aliphatic carbocycles. The van der Waals surface area contributed by atoms with Crippen molar-refractivity contribution < 1.29 is 14.3 Å². The molecule has 0 heterocycles. The minimum absolute atomic E-state index is 0.359. The fourth-order valence-corrected chi connectivity index (χ4v) is 3.58. The number of hydrogen-bond acceptors (Lipinski definition) is 4. The van der Waals surface area contributed by atoms with Crippen LogP contribution < -0.4 is 14.9 Å². The molecule has 0 atom stereocenters. The highest BCUT2D eigenvalue weighted by molar-refractivity contribution is 9.10. The van der Waals surface area contributed by atoms with Crippen LogP contribution in [0.3, 0.4) is 0 Å². The lowest BCUT2D eigenvalue weighted by molar-refractivity contribution is 0.0950. The molecule has 0 unspecified atom stereocenters. The van der Waals surface area contributed by atoms with Crippen molar-refractivity contribution in [3.63, 3.8) is 0 Å². The van der Waals surface area contributed by atoms with Crippen LogP contribution in [0.1, 0.15) is 27.0 Å². The summed E-state index contributed by atoms with van der Waals surface area (Å²) in [6.07, 6.45) is 1.57. The van der Waals surface area contributed by atoms with E-state index in [-0.39, 0.29) is 5.91 Å². The summed E-state index contributed by atoms with van der Waals surface area (Å²) in [5.41, 5.74) is 5.82. The molecule has 0 bridgehead atoms. The Bertz CT molecular complexity index is 1260. The number of benzene rings is 4. The van der Waals surface area contributed by atoms with Crippen LogP contribution in [0.15, 0.2) is 113 Å². The molecule has 1 N–H and O–H groups in total. The van der Waals surface area contributed by atoms with Gasteiger partial charge >= 0.3 is 0 Å². The lowest BCUT2D eigenvalue weighted by atomic mass is 10.2. The first-order valence-electron chi connectivity index (χ1n) is 10.7. The average molecular weight is 515 g/mol. The van der Waals surface area contributed by atoms with Crippen molar-refractivity contribution >= 4 is 28.1 Å². The number of nitrogens with one attached hydrogen (secondary N) is 1. The Morgan fingerprint density at radius 1 is 0.765 bits per heavy atom. The standard InChI is InChI=1S/C28H23BrN2O3/c29-24-15-16-27(34-20-22-11-5-2-6-12-22)25(17-24)28(32)31-30-18-23-13-7-8-14-26(23)33-19-21-9-3-1-4-10-21/h1-18H,19-20H2,(H,31,32)/b30-18-. The molecular formula is C28H23BrN2O3. The molecule has 0 aliphatic heterocycles.